The lowest BCUT2D eigenvalue weighted by Crippen LogP contribution is -2.15. The van der Waals surface area contributed by atoms with Gasteiger partial charge in [-0.25, -0.2) is 0 Å². The zero-order chi connectivity index (χ0) is 9.14. The van der Waals surface area contributed by atoms with Gasteiger partial charge in [0, 0.05) is 0 Å². The van der Waals surface area contributed by atoms with Crippen molar-refractivity contribution in [3.05, 3.63) is 21.9 Å². The van der Waals surface area contributed by atoms with Gasteiger partial charge in [-0.1, -0.05) is 0 Å². The first-order valence-electron chi connectivity index (χ1n) is 3.45. The van der Waals surface area contributed by atoms with E-state index in [1.54, 1.807) is 11.4 Å². The first kappa shape index (κ1) is 9.20. The maximum absolute atomic E-state index is 9.39. The predicted molar refractivity (Wildman–Crippen MR) is 45.6 cm³/mol. The zero-order valence-electron chi connectivity index (χ0n) is 6.56. The van der Waals surface area contributed by atoms with E-state index in [0.717, 1.165) is 5.56 Å². The summed E-state index contributed by atoms with van der Waals surface area (Å²) in [5, 5.41) is 30.3. The maximum atomic E-state index is 9.39. The normalized spacial score (nSPS) is 15.2. The number of nitrogens with zero attached hydrogens (tertiary/aromatic N) is 1. The van der Waals surface area contributed by atoms with Crippen LogP contribution in [0.4, 0.5) is 0 Å². The molecule has 4 heteroatoms. The zero-order valence-corrected chi connectivity index (χ0v) is 7.38. The molecule has 0 spiro atoms. The molecular weight excluding hydrogens is 174 g/mol. The van der Waals surface area contributed by atoms with Crippen LogP contribution >= 0.6 is 11.3 Å². The Balaban J connectivity index is 2.86. The highest BCUT2D eigenvalue weighted by atomic mass is 32.1. The summed E-state index contributed by atoms with van der Waals surface area (Å²) in [6.45, 7) is 1.83. The molecule has 0 saturated carbocycles. The molecule has 3 nitrogen and oxygen atoms in total. The number of aryl methyl sites for hydroxylation is 1. The molecule has 2 N–H and O–H groups in total. The van der Waals surface area contributed by atoms with Crippen molar-refractivity contribution in [3.8, 4) is 6.07 Å². The Labute approximate surface area is 74.5 Å². The molecule has 0 aromatic carbocycles. The third-order valence-corrected chi connectivity index (χ3v) is 2.52. The van der Waals surface area contributed by atoms with E-state index in [2.05, 4.69) is 0 Å². The Morgan fingerprint density at radius 1 is 1.50 bits per heavy atom. The van der Waals surface area contributed by atoms with Crippen molar-refractivity contribution in [1.29, 1.82) is 5.26 Å². The minimum absolute atomic E-state index is 0.633. The van der Waals surface area contributed by atoms with Crippen molar-refractivity contribution in [1.82, 2.24) is 0 Å². The van der Waals surface area contributed by atoms with Gasteiger partial charge in [0.25, 0.3) is 0 Å². The number of rotatable bonds is 2. The number of aliphatic hydroxyl groups excluding tert-OH is 2. The van der Waals surface area contributed by atoms with E-state index in [9.17, 15) is 5.11 Å². The van der Waals surface area contributed by atoms with Gasteiger partial charge < -0.3 is 10.2 Å². The summed E-state index contributed by atoms with van der Waals surface area (Å²) in [6.07, 6.45) is -2.42. The van der Waals surface area contributed by atoms with Crippen molar-refractivity contribution in [3.63, 3.8) is 0 Å². The Bertz CT molecular complexity index is 302. The van der Waals surface area contributed by atoms with Gasteiger partial charge >= 0.3 is 0 Å². The summed E-state index contributed by atoms with van der Waals surface area (Å²) in [7, 11) is 0. The Hall–Kier alpha value is -0.890. The van der Waals surface area contributed by atoms with Gasteiger partial charge in [0.05, 0.1) is 6.07 Å². The number of thiophene rings is 1. The van der Waals surface area contributed by atoms with E-state index < -0.39 is 12.2 Å². The number of nitriles is 1. The summed E-state index contributed by atoms with van der Waals surface area (Å²) in [6, 6.07) is 1.59. The third kappa shape index (κ3) is 1.64. The van der Waals surface area contributed by atoms with Gasteiger partial charge in [-0.2, -0.15) is 16.6 Å². The molecule has 0 fully saturated rings. The minimum Gasteiger partial charge on any atom is -0.385 e. The molecule has 2 unspecified atom stereocenters. The molecule has 12 heavy (non-hydrogen) atoms. The van der Waals surface area contributed by atoms with Gasteiger partial charge in [0.2, 0.25) is 0 Å². The summed E-state index contributed by atoms with van der Waals surface area (Å²) in [4.78, 5) is 0. The summed E-state index contributed by atoms with van der Waals surface area (Å²) in [5.74, 6) is 0. The van der Waals surface area contributed by atoms with Crippen LogP contribution in [0.5, 0.6) is 0 Å². The minimum atomic E-state index is -1.33. The van der Waals surface area contributed by atoms with Crippen molar-refractivity contribution < 1.29 is 10.2 Å². The molecular formula is C8H9NO2S. The van der Waals surface area contributed by atoms with Crippen LogP contribution in [0.3, 0.4) is 0 Å². The SMILES string of the molecule is Cc1cscc1C(O)C(O)C#N. The largest absolute Gasteiger partial charge is 0.385 e. The fourth-order valence-corrected chi connectivity index (χ4v) is 1.79. The number of hydrogen-bond acceptors (Lipinski definition) is 4. The first-order valence-corrected chi connectivity index (χ1v) is 4.39. The highest BCUT2D eigenvalue weighted by Crippen LogP contribution is 2.23. The van der Waals surface area contributed by atoms with Crippen LogP contribution in [0.15, 0.2) is 10.8 Å². The average molecular weight is 183 g/mol. The Morgan fingerprint density at radius 2 is 2.17 bits per heavy atom. The monoisotopic (exact) mass is 183 g/mol. The van der Waals surface area contributed by atoms with Gasteiger partial charge in [0.1, 0.15) is 6.10 Å². The molecule has 1 heterocycles. The van der Waals surface area contributed by atoms with Crippen LogP contribution in [-0.4, -0.2) is 16.3 Å². The smallest absolute Gasteiger partial charge is 0.170 e. The average Bonchev–Trinajstić information content (AvgIpc) is 2.48. The molecule has 0 aliphatic heterocycles. The molecule has 0 aliphatic carbocycles. The predicted octanol–water partition coefficient (Wildman–Crippen LogP) is 0.974. The van der Waals surface area contributed by atoms with E-state index in [1.165, 1.54) is 11.3 Å². The second-order valence-electron chi connectivity index (χ2n) is 2.53. The highest BCUT2D eigenvalue weighted by molar-refractivity contribution is 7.08. The van der Waals surface area contributed by atoms with Gasteiger partial charge in [0.15, 0.2) is 6.10 Å². The van der Waals surface area contributed by atoms with Crippen molar-refractivity contribution in [2.45, 2.75) is 19.1 Å². The molecule has 0 radical (unpaired) electrons. The molecule has 64 valence electrons. The lowest BCUT2D eigenvalue weighted by atomic mass is 10.1. The first-order chi connectivity index (χ1) is 5.66. The van der Waals surface area contributed by atoms with Gasteiger partial charge in [-0.15, -0.1) is 0 Å². The molecule has 1 rings (SSSR count). The van der Waals surface area contributed by atoms with Crippen molar-refractivity contribution >= 4 is 11.3 Å². The molecule has 1 aromatic rings. The van der Waals surface area contributed by atoms with Crippen molar-refractivity contribution in [2.75, 3.05) is 0 Å². The molecule has 1 aromatic heterocycles. The van der Waals surface area contributed by atoms with Crippen molar-refractivity contribution in [2.24, 2.45) is 0 Å². The summed E-state index contributed by atoms with van der Waals surface area (Å²) >= 11 is 1.44. The third-order valence-electron chi connectivity index (χ3n) is 1.65. The van der Waals surface area contributed by atoms with Gasteiger partial charge in [-0.3, -0.25) is 0 Å². The van der Waals surface area contributed by atoms with E-state index >= 15 is 0 Å². The molecule has 0 bridgehead atoms. The topological polar surface area (TPSA) is 64.2 Å². The van der Waals surface area contributed by atoms with Crippen LogP contribution < -0.4 is 0 Å². The highest BCUT2D eigenvalue weighted by Gasteiger charge is 2.19. The standard InChI is InChI=1S/C8H9NO2S/c1-5-3-12-4-6(5)8(11)7(10)2-9/h3-4,7-8,10-11H,1H3. The van der Waals surface area contributed by atoms with Crippen LogP contribution in [0.2, 0.25) is 0 Å². The number of hydrogen-bond donors (Lipinski definition) is 2. The van der Waals surface area contributed by atoms with E-state index in [0.29, 0.717) is 5.56 Å². The Kier molecular flexibility index (Phi) is 2.82. The molecule has 0 aliphatic rings. The Morgan fingerprint density at radius 3 is 2.58 bits per heavy atom. The number of aliphatic hydroxyl groups is 2. The fourth-order valence-electron chi connectivity index (χ4n) is 0.914. The van der Waals surface area contributed by atoms with Crippen LogP contribution in [0, 0.1) is 18.3 Å². The van der Waals surface area contributed by atoms with Crippen LogP contribution in [0.25, 0.3) is 0 Å². The lowest BCUT2D eigenvalue weighted by Gasteiger charge is -2.10. The quantitative estimate of drug-likeness (QED) is 0.671. The van der Waals surface area contributed by atoms with Crippen LogP contribution in [0.1, 0.15) is 17.2 Å². The summed E-state index contributed by atoms with van der Waals surface area (Å²) in [5.41, 5.74) is 1.54. The van der Waals surface area contributed by atoms with Gasteiger partial charge in [-0.05, 0) is 28.8 Å². The van der Waals surface area contributed by atoms with E-state index in [1.807, 2.05) is 12.3 Å². The fraction of sp³-hybridized carbons (Fsp3) is 0.375. The van der Waals surface area contributed by atoms with E-state index in [4.69, 9.17) is 10.4 Å². The van der Waals surface area contributed by atoms with E-state index in [-0.39, 0.29) is 0 Å². The molecule has 0 saturated heterocycles. The summed E-state index contributed by atoms with van der Waals surface area (Å²) < 4.78 is 0. The van der Waals surface area contributed by atoms with Crippen LogP contribution in [-0.2, 0) is 0 Å². The maximum Gasteiger partial charge on any atom is 0.170 e. The lowest BCUT2D eigenvalue weighted by molar-refractivity contribution is 0.0527. The molecule has 0 amide bonds. The second kappa shape index (κ2) is 3.68. The second-order valence-corrected chi connectivity index (χ2v) is 3.27. The molecule has 2 atom stereocenters.